The SMILES string of the molecule is CC(C)CC(COCC(COCC(COCC(CC(C)C)C(C)C)C(C)C)C(C)C)C(C)C. The average Bonchev–Trinajstić information content (AvgIpc) is 2.68. The minimum absolute atomic E-state index is 0.446. The lowest BCUT2D eigenvalue weighted by molar-refractivity contribution is -0.0276. The Morgan fingerprint density at radius 2 is 0.545 bits per heavy atom. The van der Waals surface area contributed by atoms with Crippen LogP contribution in [-0.2, 0) is 14.2 Å². The van der Waals surface area contributed by atoms with E-state index in [4.69, 9.17) is 14.2 Å². The van der Waals surface area contributed by atoms with Gasteiger partial charge in [0.15, 0.2) is 0 Å². The van der Waals surface area contributed by atoms with Crippen LogP contribution in [0.25, 0.3) is 0 Å². The first kappa shape index (κ1) is 32.9. The Morgan fingerprint density at radius 3 is 0.727 bits per heavy atom. The van der Waals surface area contributed by atoms with Crippen molar-refractivity contribution in [3.05, 3.63) is 0 Å². The Bertz CT molecular complexity index is 402. The predicted molar refractivity (Wildman–Crippen MR) is 145 cm³/mol. The second kappa shape index (κ2) is 18.2. The number of rotatable bonds is 20. The summed E-state index contributed by atoms with van der Waals surface area (Å²) in [5.41, 5.74) is 0. The van der Waals surface area contributed by atoms with E-state index in [1.54, 1.807) is 0 Å². The lowest BCUT2D eigenvalue weighted by Gasteiger charge is -2.28. The van der Waals surface area contributed by atoms with Gasteiger partial charge in [-0.3, -0.25) is 0 Å². The smallest absolute Gasteiger partial charge is 0.0518 e. The van der Waals surface area contributed by atoms with Crippen LogP contribution in [0.2, 0.25) is 0 Å². The lowest BCUT2D eigenvalue weighted by Crippen LogP contribution is -2.28. The maximum absolute atomic E-state index is 6.26. The van der Waals surface area contributed by atoms with Gasteiger partial charge >= 0.3 is 0 Å². The van der Waals surface area contributed by atoms with Crippen molar-refractivity contribution in [3.8, 4) is 0 Å². The highest BCUT2D eigenvalue weighted by Crippen LogP contribution is 2.23. The number of ether oxygens (including phenoxy) is 3. The Labute approximate surface area is 209 Å². The molecule has 3 heteroatoms. The molecule has 0 saturated heterocycles. The van der Waals surface area contributed by atoms with Crippen molar-refractivity contribution >= 4 is 0 Å². The fourth-order valence-electron chi connectivity index (χ4n) is 4.25. The van der Waals surface area contributed by atoms with Gasteiger partial charge < -0.3 is 14.2 Å². The second-order valence-electron chi connectivity index (χ2n) is 12.9. The zero-order valence-corrected chi connectivity index (χ0v) is 24.7. The summed E-state index contributed by atoms with van der Waals surface area (Å²) >= 11 is 0. The molecule has 0 aromatic heterocycles. The van der Waals surface area contributed by atoms with Gasteiger partial charge in [0.1, 0.15) is 0 Å². The Morgan fingerprint density at radius 1 is 0.333 bits per heavy atom. The van der Waals surface area contributed by atoms with Crippen LogP contribution in [0.15, 0.2) is 0 Å². The molecule has 0 amide bonds. The molecule has 0 bridgehead atoms. The van der Waals surface area contributed by atoms with Crippen molar-refractivity contribution in [1.29, 1.82) is 0 Å². The largest absolute Gasteiger partial charge is 0.381 e. The molecular formula is C30H62O3. The van der Waals surface area contributed by atoms with Crippen LogP contribution in [0, 0.1) is 59.2 Å². The van der Waals surface area contributed by atoms with Crippen molar-refractivity contribution < 1.29 is 14.2 Å². The van der Waals surface area contributed by atoms with Crippen molar-refractivity contribution in [3.63, 3.8) is 0 Å². The first-order valence-corrected chi connectivity index (χ1v) is 14.1. The molecule has 0 saturated carbocycles. The first-order chi connectivity index (χ1) is 15.3. The summed E-state index contributed by atoms with van der Waals surface area (Å²) in [6.07, 6.45) is 2.48. The number of hydrogen-bond acceptors (Lipinski definition) is 3. The standard InChI is InChI=1S/C30H62O3/c1-21(2)13-27(23(5)6)15-31-17-29(25(9)10)19-33-20-30(26(11)12)18-32-16-28(24(7)8)14-22(3)4/h21-30H,13-20H2,1-12H3. The topological polar surface area (TPSA) is 27.7 Å². The molecule has 0 rings (SSSR count). The van der Waals surface area contributed by atoms with Gasteiger partial charge in [0, 0.05) is 25.0 Å². The van der Waals surface area contributed by atoms with Crippen LogP contribution in [0.4, 0.5) is 0 Å². The summed E-state index contributed by atoms with van der Waals surface area (Å²) in [4.78, 5) is 0. The van der Waals surface area contributed by atoms with Crippen LogP contribution in [0.3, 0.4) is 0 Å². The minimum atomic E-state index is 0.446. The van der Waals surface area contributed by atoms with Crippen molar-refractivity contribution in [2.45, 2.75) is 95.9 Å². The fraction of sp³-hybridized carbons (Fsp3) is 1.00. The molecular weight excluding hydrogens is 408 g/mol. The van der Waals surface area contributed by atoms with E-state index in [1.165, 1.54) is 12.8 Å². The summed E-state index contributed by atoms with van der Waals surface area (Å²) in [6, 6.07) is 0. The third kappa shape index (κ3) is 16.2. The third-order valence-corrected chi connectivity index (χ3v) is 7.31. The summed E-state index contributed by atoms with van der Waals surface area (Å²) in [6.45, 7) is 32.5. The highest BCUT2D eigenvalue weighted by atomic mass is 16.5. The Hall–Kier alpha value is -0.120. The minimum Gasteiger partial charge on any atom is -0.381 e. The van der Waals surface area contributed by atoms with E-state index in [9.17, 15) is 0 Å². The van der Waals surface area contributed by atoms with Crippen molar-refractivity contribution in [1.82, 2.24) is 0 Å². The van der Waals surface area contributed by atoms with E-state index < -0.39 is 0 Å². The van der Waals surface area contributed by atoms with Crippen LogP contribution < -0.4 is 0 Å². The van der Waals surface area contributed by atoms with E-state index >= 15 is 0 Å². The fourth-order valence-corrected chi connectivity index (χ4v) is 4.25. The molecule has 4 atom stereocenters. The maximum atomic E-state index is 6.26. The highest BCUT2D eigenvalue weighted by Gasteiger charge is 2.21. The molecule has 200 valence electrons. The zero-order chi connectivity index (χ0) is 25.6. The van der Waals surface area contributed by atoms with E-state index in [1.807, 2.05) is 0 Å². The zero-order valence-electron chi connectivity index (χ0n) is 24.7. The molecule has 0 aliphatic carbocycles. The molecule has 0 spiro atoms. The number of hydrogen-bond donors (Lipinski definition) is 0. The molecule has 0 aliphatic rings. The van der Waals surface area contributed by atoms with Crippen LogP contribution in [-0.4, -0.2) is 39.6 Å². The maximum Gasteiger partial charge on any atom is 0.0518 e. The van der Waals surface area contributed by atoms with Gasteiger partial charge in [0.2, 0.25) is 0 Å². The molecule has 0 aromatic carbocycles. The van der Waals surface area contributed by atoms with Crippen LogP contribution in [0.1, 0.15) is 95.9 Å². The van der Waals surface area contributed by atoms with Gasteiger partial charge in [-0.25, -0.2) is 0 Å². The summed E-state index contributed by atoms with van der Waals surface area (Å²) in [7, 11) is 0. The van der Waals surface area contributed by atoms with Gasteiger partial charge in [-0.15, -0.1) is 0 Å². The molecule has 0 aliphatic heterocycles. The normalized spacial score (nSPS) is 16.5. The summed E-state index contributed by atoms with van der Waals surface area (Å²) < 4.78 is 18.7. The van der Waals surface area contributed by atoms with E-state index in [0.29, 0.717) is 47.3 Å². The average molecular weight is 471 g/mol. The first-order valence-electron chi connectivity index (χ1n) is 14.1. The molecule has 0 aromatic rings. The lowest BCUT2D eigenvalue weighted by atomic mass is 9.88. The second-order valence-corrected chi connectivity index (χ2v) is 12.9. The molecule has 3 nitrogen and oxygen atoms in total. The van der Waals surface area contributed by atoms with E-state index in [-0.39, 0.29) is 0 Å². The molecule has 4 unspecified atom stereocenters. The molecule has 0 heterocycles. The van der Waals surface area contributed by atoms with Crippen LogP contribution in [0.5, 0.6) is 0 Å². The Kier molecular flexibility index (Phi) is 18.1. The molecule has 33 heavy (non-hydrogen) atoms. The molecule has 0 radical (unpaired) electrons. The molecule has 0 fully saturated rings. The van der Waals surface area contributed by atoms with Crippen molar-refractivity contribution in [2.75, 3.05) is 39.6 Å². The Balaban J connectivity index is 4.51. The highest BCUT2D eigenvalue weighted by molar-refractivity contribution is 4.69. The van der Waals surface area contributed by atoms with Gasteiger partial charge in [-0.2, -0.15) is 0 Å². The van der Waals surface area contributed by atoms with E-state index in [0.717, 1.165) is 51.5 Å². The predicted octanol–water partition coefficient (Wildman–Crippen LogP) is 8.22. The summed E-state index contributed by atoms with van der Waals surface area (Å²) in [5, 5.41) is 0. The van der Waals surface area contributed by atoms with Gasteiger partial charge in [-0.1, -0.05) is 83.1 Å². The molecule has 0 N–H and O–H groups in total. The van der Waals surface area contributed by atoms with Crippen LogP contribution >= 0.6 is 0 Å². The van der Waals surface area contributed by atoms with Gasteiger partial charge in [-0.05, 0) is 60.2 Å². The quantitative estimate of drug-likeness (QED) is 0.179. The van der Waals surface area contributed by atoms with Crippen molar-refractivity contribution in [2.24, 2.45) is 59.2 Å². The summed E-state index contributed by atoms with van der Waals surface area (Å²) in [5.74, 6) is 6.09. The van der Waals surface area contributed by atoms with Gasteiger partial charge in [0.05, 0.1) is 26.4 Å². The van der Waals surface area contributed by atoms with E-state index in [2.05, 4.69) is 83.1 Å². The van der Waals surface area contributed by atoms with Gasteiger partial charge in [0.25, 0.3) is 0 Å². The monoisotopic (exact) mass is 470 g/mol. The third-order valence-electron chi connectivity index (χ3n) is 7.31.